The van der Waals surface area contributed by atoms with E-state index < -0.39 is 63.5 Å². The fourth-order valence-corrected chi connectivity index (χ4v) is 8.72. The van der Waals surface area contributed by atoms with Crippen LogP contribution in [0.25, 0.3) is 10.9 Å². The number of nitrogens with zero attached hydrogens (tertiary/aromatic N) is 2. The number of sulfonamides is 1. The van der Waals surface area contributed by atoms with Gasteiger partial charge < -0.3 is 34.5 Å². The van der Waals surface area contributed by atoms with Crippen molar-refractivity contribution in [2.45, 2.75) is 107 Å². The van der Waals surface area contributed by atoms with Crippen LogP contribution in [0.4, 0.5) is 4.79 Å². The largest absolute Gasteiger partial charge is 0.495 e. The van der Waals surface area contributed by atoms with E-state index in [1.807, 2.05) is 23.8 Å². The molecule has 17 heteroatoms. The van der Waals surface area contributed by atoms with Crippen molar-refractivity contribution in [1.82, 2.24) is 25.2 Å². The molecule has 15 nitrogen and oxygen atoms in total. The molecule has 0 unspecified atom stereocenters. The summed E-state index contributed by atoms with van der Waals surface area (Å²) in [7, 11) is -2.39. The quantitative estimate of drug-likeness (QED) is 0.306. The molecule has 294 valence electrons. The number of fused-ring (bicyclic) bond motifs is 3. The standard InChI is InChI=1S/C37H48BrN5O10S/c1-4-51-30-19-29(25-16-17-28(50-2)31(38)32(25)40-30)52-24-18-27-33(44)41-37(35(46)42-54(3,48)49)20-22(37)12-8-6-5-7-9-15-26(34(45)43(27)21-24)39-36(47)53-23-13-10-11-14-23/h8,12,16-17,19,22-24,26-27H,4-7,9-11,13-15,18,20-21H2,1-3H3,(H,39,47)(H,41,44)(H,42,46)/b12-8-/t22-,24-,26+,27+,37-/m1/s1. The molecule has 2 saturated carbocycles. The van der Waals surface area contributed by atoms with Crippen LogP contribution in [0.1, 0.15) is 77.6 Å². The summed E-state index contributed by atoms with van der Waals surface area (Å²) in [5.41, 5.74) is -1.000. The Balaban J connectivity index is 1.33. The molecule has 3 N–H and O–H groups in total. The molecule has 4 amide bonds. The summed E-state index contributed by atoms with van der Waals surface area (Å²) < 4.78 is 50.3. The third kappa shape index (κ3) is 9.04. The van der Waals surface area contributed by atoms with Gasteiger partial charge in [-0.1, -0.05) is 25.0 Å². The number of halogens is 1. The van der Waals surface area contributed by atoms with Crippen LogP contribution in [0.5, 0.6) is 17.4 Å². The van der Waals surface area contributed by atoms with Gasteiger partial charge >= 0.3 is 6.09 Å². The summed E-state index contributed by atoms with van der Waals surface area (Å²) in [6.07, 6.45) is 9.92. The second-order valence-electron chi connectivity index (χ2n) is 14.4. The number of carbonyl (C=O) groups excluding carboxylic acids is 4. The first-order valence-corrected chi connectivity index (χ1v) is 21.3. The minimum absolute atomic E-state index is 0.0241. The number of ether oxygens (including phenoxy) is 4. The highest BCUT2D eigenvalue weighted by molar-refractivity contribution is 9.10. The summed E-state index contributed by atoms with van der Waals surface area (Å²) in [4.78, 5) is 61.5. The Morgan fingerprint density at radius 2 is 1.83 bits per heavy atom. The molecule has 6 rings (SSSR count). The number of benzene rings is 1. The molecule has 0 spiro atoms. The Hall–Kier alpha value is -4.12. The molecule has 0 bridgehead atoms. The summed E-state index contributed by atoms with van der Waals surface area (Å²) in [5, 5.41) is 6.27. The lowest BCUT2D eigenvalue weighted by molar-refractivity contribution is -0.141. The maximum Gasteiger partial charge on any atom is 0.408 e. The van der Waals surface area contributed by atoms with E-state index >= 15 is 0 Å². The van der Waals surface area contributed by atoms with Crippen LogP contribution in [0.15, 0.2) is 34.8 Å². The van der Waals surface area contributed by atoms with Crippen LogP contribution in [0.3, 0.4) is 0 Å². The van der Waals surface area contributed by atoms with Crippen molar-refractivity contribution in [1.29, 1.82) is 0 Å². The van der Waals surface area contributed by atoms with E-state index in [0.29, 0.717) is 58.6 Å². The molecule has 4 aliphatic rings. The Morgan fingerprint density at radius 3 is 2.56 bits per heavy atom. The predicted octanol–water partition coefficient (Wildman–Crippen LogP) is 4.26. The minimum atomic E-state index is -3.94. The second kappa shape index (κ2) is 16.7. The van der Waals surface area contributed by atoms with E-state index in [0.717, 1.165) is 44.8 Å². The van der Waals surface area contributed by atoms with Crippen molar-refractivity contribution in [3.05, 3.63) is 34.8 Å². The number of allylic oxidation sites excluding steroid dienone is 1. The van der Waals surface area contributed by atoms with Gasteiger partial charge in [0.05, 0.1) is 36.5 Å². The van der Waals surface area contributed by atoms with E-state index in [2.05, 4.69) is 31.5 Å². The minimum Gasteiger partial charge on any atom is -0.495 e. The van der Waals surface area contributed by atoms with E-state index in [4.69, 9.17) is 18.9 Å². The maximum atomic E-state index is 14.5. The Kier molecular flexibility index (Phi) is 12.2. The zero-order valence-electron chi connectivity index (χ0n) is 30.7. The van der Waals surface area contributed by atoms with Crippen LogP contribution in [0, 0.1) is 5.92 Å². The van der Waals surface area contributed by atoms with Crippen LogP contribution < -0.4 is 29.6 Å². The summed E-state index contributed by atoms with van der Waals surface area (Å²) in [5.74, 6) is -1.16. The lowest BCUT2D eigenvalue weighted by Gasteiger charge is -2.30. The number of methoxy groups -OCH3 is 1. The maximum absolute atomic E-state index is 14.5. The van der Waals surface area contributed by atoms with Gasteiger partial charge in [-0.05, 0) is 86.4 Å². The molecule has 2 aromatic rings. The first kappa shape index (κ1) is 39.6. The topological polar surface area (TPSA) is 192 Å². The van der Waals surface area contributed by atoms with E-state index in [1.54, 1.807) is 25.3 Å². The summed E-state index contributed by atoms with van der Waals surface area (Å²) in [6, 6.07) is 3.10. The normalized spacial score (nSPS) is 27.1. The molecule has 1 aromatic heterocycles. The highest BCUT2D eigenvalue weighted by atomic mass is 79.9. The zero-order valence-corrected chi connectivity index (χ0v) is 33.1. The van der Waals surface area contributed by atoms with Crippen LogP contribution in [0.2, 0.25) is 0 Å². The number of amides is 4. The lowest BCUT2D eigenvalue weighted by atomic mass is 10.0. The van der Waals surface area contributed by atoms with Gasteiger partial charge in [0.2, 0.25) is 27.7 Å². The Labute approximate surface area is 323 Å². The van der Waals surface area contributed by atoms with Crippen molar-refractivity contribution in [2.24, 2.45) is 5.92 Å². The highest BCUT2D eigenvalue weighted by Gasteiger charge is 2.61. The highest BCUT2D eigenvalue weighted by Crippen LogP contribution is 2.46. The van der Waals surface area contributed by atoms with Crippen LogP contribution in [-0.2, 0) is 29.1 Å². The lowest BCUT2D eigenvalue weighted by Crippen LogP contribution is -2.58. The third-order valence-corrected chi connectivity index (χ3v) is 11.7. The van der Waals surface area contributed by atoms with Crippen LogP contribution in [-0.4, -0.2) is 98.5 Å². The number of rotatable bonds is 9. The van der Waals surface area contributed by atoms with E-state index in [-0.39, 0.29) is 25.5 Å². The Bertz CT molecular complexity index is 1900. The molecule has 2 aliphatic heterocycles. The first-order chi connectivity index (χ1) is 25.8. The average Bonchev–Trinajstić information content (AvgIpc) is 3.39. The van der Waals surface area contributed by atoms with Crippen molar-refractivity contribution in [3.8, 4) is 17.4 Å². The molecule has 5 atom stereocenters. The second-order valence-corrected chi connectivity index (χ2v) is 16.9. The van der Waals surface area contributed by atoms with Crippen molar-refractivity contribution >= 4 is 60.7 Å². The fraction of sp³-hybridized carbons (Fsp3) is 0.595. The molecule has 3 heterocycles. The summed E-state index contributed by atoms with van der Waals surface area (Å²) >= 11 is 3.57. The fourth-order valence-electron chi connectivity index (χ4n) is 7.60. The number of carbonyl (C=O) groups is 4. The van der Waals surface area contributed by atoms with Crippen molar-refractivity contribution in [3.63, 3.8) is 0 Å². The molecule has 0 radical (unpaired) electrons. The molecule has 1 saturated heterocycles. The Morgan fingerprint density at radius 1 is 1.07 bits per heavy atom. The van der Waals surface area contributed by atoms with Crippen LogP contribution >= 0.6 is 15.9 Å². The molecular weight excluding hydrogens is 786 g/mol. The number of hydrogen-bond donors (Lipinski definition) is 3. The molecule has 1 aromatic carbocycles. The number of aromatic nitrogens is 1. The molecule has 54 heavy (non-hydrogen) atoms. The summed E-state index contributed by atoms with van der Waals surface area (Å²) in [6.45, 7) is 2.15. The molecular formula is C37H48BrN5O10S. The van der Waals surface area contributed by atoms with Gasteiger partial charge in [-0.2, -0.15) is 0 Å². The number of alkyl carbamates (subject to hydrolysis) is 1. The monoisotopic (exact) mass is 833 g/mol. The number of nitrogens with one attached hydrogen (secondary N) is 3. The van der Waals surface area contributed by atoms with Crippen molar-refractivity contribution < 1.29 is 46.5 Å². The number of hydrogen-bond acceptors (Lipinski definition) is 11. The molecule has 3 fully saturated rings. The average molecular weight is 835 g/mol. The zero-order chi connectivity index (χ0) is 38.6. The molecule has 2 aliphatic carbocycles. The van der Waals surface area contributed by atoms with E-state index in [9.17, 15) is 27.6 Å². The smallest absolute Gasteiger partial charge is 0.408 e. The van der Waals surface area contributed by atoms with Crippen molar-refractivity contribution in [2.75, 3.05) is 26.5 Å². The van der Waals surface area contributed by atoms with Gasteiger partial charge in [0.15, 0.2) is 0 Å². The SMILES string of the molecule is CCOc1cc(O[C@@H]2C[C@H]3C(=O)N[C@]4(C(=O)NS(C)(=O)=O)C[C@H]4/C=C\CCCCC[C@H](NC(=O)OC4CCCC4)C(=O)N3C2)c2ccc(OC)c(Br)c2n1. The third-order valence-electron chi connectivity index (χ3n) is 10.4. The van der Waals surface area contributed by atoms with E-state index in [1.165, 1.54) is 4.90 Å². The van der Waals surface area contributed by atoms with Gasteiger partial charge in [0, 0.05) is 23.8 Å². The van der Waals surface area contributed by atoms with Gasteiger partial charge in [-0.15, -0.1) is 0 Å². The van der Waals surface area contributed by atoms with Gasteiger partial charge in [0.1, 0.15) is 41.3 Å². The van der Waals surface area contributed by atoms with Gasteiger partial charge in [-0.3, -0.25) is 19.1 Å². The number of pyridine rings is 1. The first-order valence-electron chi connectivity index (χ1n) is 18.6. The van der Waals surface area contributed by atoms with Gasteiger partial charge in [0.25, 0.3) is 5.91 Å². The van der Waals surface area contributed by atoms with Gasteiger partial charge in [-0.25, -0.2) is 18.2 Å². The predicted molar refractivity (Wildman–Crippen MR) is 202 cm³/mol.